The lowest BCUT2D eigenvalue weighted by Crippen LogP contribution is -2.32. The molecule has 0 bridgehead atoms. The van der Waals surface area contributed by atoms with Crippen LogP contribution in [0.5, 0.6) is 0 Å². The first-order chi connectivity index (χ1) is 12.0. The molecule has 2 aromatic heterocycles. The van der Waals surface area contributed by atoms with E-state index in [0.29, 0.717) is 30.3 Å². The summed E-state index contributed by atoms with van der Waals surface area (Å²) in [5, 5.41) is 7.12. The van der Waals surface area contributed by atoms with Gasteiger partial charge in [-0.2, -0.15) is 5.10 Å². The second kappa shape index (κ2) is 7.42. The maximum atomic E-state index is 12.4. The summed E-state index contributed by atoms with van der Waals surface area (Å²) in [5.74, 6) is 0.525. The molecule has 8 heteroatoms. The molecule has 0 saturated heterocycles. The van der Waals surface area contributed by atoms with Crippen molar-refractivity contribution in [1.82, 2.24) is 25.1 Å². The molecule has 132 valence electrons. The van der Waals surface area contributed by atoms with Crippen molar-refractivity contribution in [3.05, 3.63) is 41.2 Å². The van der Waals surface area contributed by atoms with Gasteiger partial charge in [-0.1, -0.05) is 0 Å². The quantitative estimate of drug-likeness (QED) is 0.814. The number of ether oxygens (including phenoxy) is 1. The number of esters is 1. The van der Waals surface area contributed by atoms with Gasteiger partial charge in [0.15, 0.2) is 0 Å². The van der Waals surface area contributed by atoms with Crippen molar-refractivity contribution in [3.8, 4) is 0 Å². The summed E-state index contributed by atoms with van der Waals surface area (Å²) in [6.45, 7) is 4.77. The first kappa shape index (κ1) is 17.1. The average Bonchev–Trinajstić information content (AvgIpc) is 3.02. The Bertz CT molecular complexity index is 769. The van der Waals surface area contributed by atoms with Gasteiger partial charge in [-0.3, -0.25) is 9.48 Å². The summed E-state index contributed by atoms with van der Waals surface area (Å²) < 4.78 is 7.21. The van der Waals surface area contributed by atoms with E-state index in [1.807, 2.05) is 4.68 Å². The molecule has 25 heavy (non-hydrogen) atoms. The zero-order chi connectivity index (χ0) is 17.8. The molecule has 0 radical (unpaired) electrons. The van der Waals surface area contributed by atoms with Gasteiger partial charge in [0.2, 0.25) is 5.91 Å². The van der Waals surface area contributed by atoms with Gasteiger partial charge < -0.3 is 10.1 Å². The lowest BCUT2D eigenvalue weighted by Gasteiger charge is -2.24. The van der Waals surface area contributed by atoms with Gasteiger partial charge in [0.25, 0.3) is 0 Å². The Morgan fingerprint density at radius 2 is 2.08 bits per heavy atom. The van der Waals surface area contributed by atoms with Crippen LogP contribution in [0.25, 0.3) is 0 Å². The highest BCUT2D eigenvalue weighted by atomic mass is 16.5. The maximum absolute atomic E-state index is 12.4. The molecule has 1 aliphatic rings. The van der Waals surface area contributed by atoms with Crippen LogP contribution in [-0.2, 0) is 29.1 Å². The molecule has 0 spiro atoms. The van der Waals surface area contributed by atoms with Crippen molar-refractivity contribution < 1.29 is 14.3 Å². The molecule has 1 aliphatic heterocycles. The molecule has 8 nitrogen and oxygen atoms in total. The van der Waals surface area contributed by atoms with E-state index in [1.165, 1.54) is 6.92 Å². The van der Waals surface area contributed by atoms with Gasteiger partial charge in [0.05, 0.1) is 11.9 Å². The van der Waals surface area contributed by atoms with E-state index < -0.39 is 5.97 Å². The minimum atomic E-state index is -0.401. The molecule has 2 aromatic rings. The Morgan fingerprint density at radius 3 is 2.80 bits per heavy atom. The Hall–Kier alpha value is -2.77. The van der Waals surface area contributed by atoms with Crippen LogP contribution in [0.1, 0.15) is 40.8 Å². The van der Waals surface area contributed by atoms with Crippen molar-refractivity contribution in [3.63, 3.8) is 0 Å². The number of fused-ring (bicyclic) bond motifs is 1. The first-order valence-corrected chi connectivity index (χ1v) is 8.26. The fraction of sp³-hybridized carbons (Fsp3) is 0.471. The molecule has 0 saturated carbocycles. The molecular weight excluding hydrogens is 322 g/mol. The van der Waals surface area contributed by atoms with Gasteiger partial charge in [-0.15, -0.1) is 0 Å². The topological polar surface area (TPSA) is 99.0 Å². The van der Waals surface area contributed by atoms with Crippen molar-refractivity contribution in [2.24, 2.45) is 5.92 Å². The highest BCUT2D eigenvalue weighted by molar-refractivity contribution is 5.90. The monoisotopic (exact) mass is 343 g/mol. The lowest BCUT2D eigenvalue weighted by atomic mass is 9.94. The van der Waals surface area contributed by atoms with E-state index in [4.69, 9.17) is 4.74 Å². The Labute approximate surface area is 145 Å². The standard InChI is InChI=1S/C17H21N5O3/c1-11-18-7-14(8-19-11)10-25-17(24)15-9-21-22-4-3-13(5-16(15)22)6-20-12(2)23/h7-9,13H,3-6,10H2,1-2H3,(H,20,23). The molecule has 3 rings (SSSR count). The molecule has 1 N–H and O–H groups in total. The third-order valence-corrected chi connectivity index (χ3v) is 4.24. The normalized spacial score (nSPS) is 16.2. The fourth-order valence-electron chi connectivity index (χ4n) is 2.85. The smallest absolute Gasteiger partial charge is 0.341 e. The third-order valence-electron chi connectivity index (χ3n) is 4.24. The average molecular weight is 343 g/mol. The summed E-state index contributed by atoms with van der Waals surface area (Å²) in [7, 11) is 0. The predicted molar refractivity (Wildman–Crippen MR) is 88.6 cm³/mol. The molecule has 1 atom stereocenters. The zero-order valence-electron chi connectivity index (χ0n) is 14.4. The van der Waals surface area contributed by atoms with Gasteiger partial charge in [0.1, 0.15) is 18.0 Å². The van der Waals surface area contributed by atoms with Gasteiger partial charge in [-0.05, 0) is 25.7 Å². The molecule has 1 amide bonds. The summed E-state index contributed by atoms with van der Waals surface area (Å²) >= 11 is 0. The van der Waals surface area contributed by atoms with Crippen molar-refractivity contribution >= 4 is 11.9 Å². The summed E-state index contributed by atoms with van der Waals surface area (Å²) in [6.07, 6.45) is 6.46. The Balaban J connectivity index is 1.63. The van der Waals surface area contributed by atoms with Crippen LogP contribution in [0.4, 0.5) is 0 Å². The first-order valence-electron chi connectivity index (χ1n) is 8.26. The van der Waals surface area contributed by atoms with Crippen LogP contribution in [-0.4, -0.2) is 38.2 Å². The second-order valence-corrected chi connectivity index (χ2v) is 6.24. The molecule has 3 heterocycles. The van der Waals surface area contributed by atoms with Crippen LogP contribution in [0.2, 0.25) is 0 Å². The minimum absolute atomic E-state index is 0.0426. The van der Waals surface area contributed by atoms with E-state index in [9.17, 15) is 9.59 Å². The van der Waals surface area contributed by atoms with Gasteiger partial charge >= 0.3 is 5.97 Å². The number of rotatable bonds is 5. The van der Waals surface area contributed by atoms with Crippen LogP contribution in [0.15, 0.2) is 18.6 Å². The number of aromatic nitrogens is 4. The van der Waals surface area contributed by atoms with Gasteiger partial charge in [-0.25, -0.2) is 14.8 Å². The van der Waals surface area contributed by atoms with E-state index in [1.54, 1.807) is 25.5 Å². The SMILES string of the molecule is CC(=O)NCC1CCn2ncc(C(=O)OCc3cnc(C)nc3)c2C1. The molecule has 0 aromatic carbocycles. The van der Waals surface area contributed by atoms with Crippen molar-refractivity contribution in [2.45, 2.75) is 39.8 Å². The van der Waals surface area contributed by atoms with Gasteiger partial charge in [0, 0.05) is 38.0 Å². The van der Waals surface area contributed by atoms with Crippen LogP contribution in [0.3, 0.4) is 0 Å². The predicted octanol–water partition coefficient (Wildman–Crippen LogP) is 1.04. The summed E-state index contributed by atoms with van der Waals surface area (Å²) in [4.78, 5) is 31.7. The van der Waals surface area contributed by atoms with Crippen LogP contribution >= 0.6 is 0 Å². The largest absolute Gasteiger partial charge is 0.457 e. The number of carbonyl (C=O) groups excluding carboxylic acids is 2. The zero-order valence-corrected chi connectivity index (χ0v) is 14.4. The Morgan fingerprint density at radius 1 is 1.32 bits per heavy atom. The van der Waals surface area contributed by atoms with E-state index in [-0.39, 0.29) is 12.5 Å². The Kier molecular flexibility index (Phi) is 5.06. The number of nitrogens with one attached hydrogen (secondary N) is 1. The number of amides is 1. The van der Waals surface area contributed by atoms with Crippen molar-refractivity contribution in [1.29, 1.82) is 0 Å². The third kappa shape index (κ3) is 4.20. The molecule has 0 aliphatic carbocycles. The maximum Gasteiger partial charge on any atom is 0.341 e. The molecule has 0 fully saturated rings. The summed E-state index contributed by atoms with van der Waals surface area (Å²) in [6, 6.07) is 0. The fourth-order valence-corrected chi connectivity index (χ4v) is 2.85. The second-order valence-electron chi connectivity index (χ2n) is 6.24. The van der Waals surface area contributed by atoms with E-state index in [2.05, 4.69) is 20.4 Å². The molecule has 1 unspecified atom stereocenters. The highest BCUT2D eigenvalue weighted by Gasteiger charge is 2.26. The minimum Gasteiger partial charge on any atom is -0.457 e. The summed E-state index contributed by atoms with van der Waals surface area (Å²) in [5.41, 5.74) is 2.09. The number of nitrogens with zero attached hydrogens (tertiary/aromatic N) is 4. The van der Waals surface area contributed by atoms with E-state index >= 15 is 0 Å². The van der Waals surface area contributed by atoms with E-state index in [0.717, 1.165) is 24.2 Å². The highest BCUT2D eigenvalue weighted by Crippen LogP contribution is 2.23. The van der Waals surface area contributed by atoms with Crippen LogP contribution in [0, 0.1) is 12.8 Å². The lowest BCUT2D eigenvalue weighted by molar-refractivity contribution is -0.119. The number of aryl methyl sites for hydroxylation is 2. The number of hydrogen-bond acceptors (Lipinski definition) is 6. The van der Waals surface area contributed by atoms with Crippen LogP contribution < -0.4 is 5.32 Å². The number of hydrogen-bond donors (Lipinski definition) is 1. The number of carbonyl (C=O) groups is 2. The molecular formula is C17H21N5O3. The van der Waals surface area contributed by atoms with Crippen molar-refractivity contribution in [2.75, 3.05) is 6.54 Å².